The lowest BCUT2D eigenvalue weighted by Crippen LogP contribution is -2.00. The van der Waals surface area contributed by atoms with E-state index >= 15 is 0 Å². The average Bonchev–Trinajstić information content (AvgIpc) is 2.32. The number of nitrogens with zero attached hydrogens (tertiary/aromatic N) is 1. The molecule has 1 aromatic carbocycles. The second-order valence-electron chi connectivity index (χ2n) is 4.12. The van der Waals surface area contributed by atoms with Crippen molar-refractivity contribution in [3.8, 4) is 0 Å². The summed E-state index contributed by atoms with van der Waals surface area (Å²) >= 11 is 6.04. The van der Waals surface area contributed by atoms with Gasteiger partial charge in [-0.1, -0.05) is 17.7 Å². The highest BCUT2D eigenvalue weighted by Gasteiger charge is 2.00. The lowest BCUT2D eigenvalue weighted by molar-refractivity contribution is 1.12. The Labute approximate surface area is 107 Å². The molecule has 1 N–H and O–H groups in total. The third-order valence-corrected chi connectivity index (χ3v) is 3.19. The molecule has 0 aliphatic heterocycles. The van der Waals surface area contributed by atoms with Crippen LogP contribution < -0.4 is 5.32 Å². The molecule has 0 radical (unpaired) electrons. The predicted molar refractivity (Wildman–Crippen MR) is 72.5 cm³/mol. The van der Waals surface area contributed by atoms with Gasteiger partial charge in [0.25, 0.3) is 0 Å². The fourth-order valence-corrected chi connectivity index (χ4v) is 1.78. The lowest BCUT2D eigenvalue weighted by atomic mass is 10.1. The van der Waals surface area contributed by atoms with Crippen LogP contribution in [-0.2, 0) is 6.54 Å². The molecule has 0 unspecified atom stereocenters. The molecule has 0 aliphatic carbocycles. The van der Waals surface area contributed by atoms with Gasteiger partial charge in [-0.3, -0.25) is 4.98 Å². The summed E-state index contributed by atoms with van der Waals surface area (Å²) < 4.78 is 0. The molecule has 88 valence electrons. The average molecular weight is 247 g/mol. The molecule has 0 saturated carbocycles. The molecular formula is C14H15ClN2. The third kappa shape index (κ3) is 2.98. The Bertz CT molecular complexity index is 523. The SMILES string of the molecule is Cc1ccc(NCc2ccncc2Cl)cc1C. The molecule has 3 heteroatoms. The van der Waals surface area contributed by atoms with Crippen molar-refractivity contribution in [2.75, 3.05) is 5.32 Å². The van der Waals surface area contributed by atoms with Crippen LogP contribution in [0, 0.1) is 13.8 Å². The number of hydrogen-bond acceptors (Lipinski definition) is 2. The zero-order valence-electron chi connectivity index (χ0n) is 10.00. The van der Waals surface area contributed by atoms with E-state index in [0.717, 1.165) is 11.3 Å². The number of benzene rings is 1. The molecule has 0 saturated heterocycles. The van der Waals surface area contributed by atoms with E-state index in [1.165, 1.54) is 11.1 Å². The Kier molecular flexibility index (Phi) is 3.64. The Hall–Kier alpha value is -1.54. The quantitative estimate of drug-likeness (QED) is 0.887. The fraction of sp³-hybridized carbons (Fsp3) is 0.214. The lowest BCUT2D eigenvalue weighted by Gasteiger charge is -2.09. The highest BCUT2D eigenvalue weighted by atomic mass is 35.5. The van der Waals surface area contributed by atoms with Gasteiger partial charge in [-0.15, -0.1) is 0 Å². The van der Waals surface area contributed by atoms with Gasteiger partial charge in [-0.05, 0) is 48.7 Å². The molecule has 1 heterocycles. The van der Waals surface area contributed by atoms with Crippen LogP contribution in [0.4, 0.5) is 5.69 Å². The number of halogens is 1. The number of anilines is 1. The van der Waals surface area contributed by atoms with Gasteiger partial charge in [-0.25, -0.2) is 0 Å². The van der Waals surface area contributed by atoms with Crippen LogP contribution in [0.2, 0.25) is 5.02 Å². The first-order chi connectivity index (χ1) is 8.16. The molecule has 0 atom stereocenters. The molecule has 0 aliphatic rings. The van der Waals surface area contributed by atoms with Crippen molar-refractivity contribution >= 4 is 17.3 Å². The van der Waals surface area contributed by atoms with Crippen LogP contribution in [0.1, 0.15) is 16.7 Å². The van der Waals surface area contributed by atoms with E-state index in [9.17, 15) is 0 Å². The number of nitrogens with one attached hydrogen (secondary N) is 1. The summed E-state index contributed by atoms with van der Waals surface area (Å²) in [5.74, 6) is 0. The smallest absolute Gasteiger partial charge is 0.0639 e. The van der Waals surface area contributed by atoms with Gasteiger partial charge < -0.3 is 5.32 Å². The van der Waals surface area contributed by atoms with Crippen LogP contribution in [-0.4, -0.2) is 4.98 Å². The molecule has 0 amide bonds. The molecular weight excluding hydrogens is 232 g/mol. The summed E-state index contributed by atoms with van der Waals surface area (Å²) in [4.78, 5) is 3.97. The van der Waals surface area contributed by atoms with E-state index in [0.29, 0.717) is 11.6 Å². The Morgan fingerprint density at radius 1 is 1.18 bits per heavy atom. The first-order valence-corrected chi connectivity index (χ1v) is 5.94. The summed E-state index contributed by atoms with van der Waals surface area (Å²) in [7, 11) is 0. The molecule has 0 bridgehead atoms. The van der Waals surface area contributed by atoms with Gasteiger partial charge >= 0.3 is 0 Å². The second-order valence-corrected chi connectivity index (χ2v) is 4.53. The predicted octanol–water partition coefficient (Wildman–Crippen LogP) is 3.96. The van der Waals surface area contributed by atoms with Crippen molar-refractivity contribution in [2.24, 2.45) is 0 Å². The monoisotopic (exact) mass is 246 g/mol. The first-order valence-electron chi connectivity index (χ1n) is 5.56. The normalized spacial score (nSPS) is 10.3. The minimum absolute atomic E-state index is 0.698. The van der Waals surface area contributed by atoms with Gasteiger partial charge in [0.1, 0.15) is 0 Å². The summed E-state index contributed by atoms with van der Waals surface area (Å²) in [5, 5.41) is 4.06. The van der Waals surface area contributed by atoms with Crippen LogP contribution in [0.25, 0.3) is 0 Å². The van der Waals surface area contributed by atoms with Crippen molar-refractivity contribution < 1.29 is 0 Å². The molecule has 0 fully saturated rings. The first kappa shape index (κ1) is 11.9. The molecule has 1 aromatic heterocycles. The molecule has 2 aromatic rings. The van der Waals surface area contributed by atoms with E-state index in [1.54, 1.807) is 12.4 Å². The van der Waals surface area contributed by atoms with Gasteiger partial charge in [-0.2, -0.15) is 0 Å². The van der Waals surface area contributed by atoms with E-state index in [2.05, 4.69) is 42.3 Å². The third-order valence-electron chi connectivity index (χ3n) is 2.85. The van der Waals surface area contributed by atoms with Crippen molar-refractivity contribution in [2.45, 2.75) is 20.4 Å². The number of pyridine rings is 1. The zero-order chi connectivity index (χ0) is 12.3. The van der Waals surface area contributed by atoms with Gasteiger partial charge in [0.15, 0.2) is 0 Å². The number of rotatable bonds is 3. The van der Waals surface area contributed by atoms with Crippen LogP contribution in [0.15, 0.2) is 36.7 Å². The molecule has 17 heavy (non-hydrogen) atoms. The van der Waals surface area contributed by atoms with Crippen LogP contribution in [0.5, 0.6) is 0 Å². The fourth-order valence-electron chi connectivity index (χ4n) is 1.60. The summed E-state index contributed by atoms with van der Waals surface area (Å²) in [6.07, 6.45) is 3.42. The maximum atomic E-state index is 6.04. The Balaban J connectivity index is 2.08. The minimum atomic E-state index is 0.698. The number of aryl methyl sites for hydroxylation is 2. The van der Waals surface area contributed by atoms with Crippen molar-refractivity contribution in [1.82, 2.24) is 4.98 Å². The summed E-state index contributed by atoms with van der Waals surface area (Å²) in [6, 6.07) is 8.27. The summed E-state index contributed by atoms with van der Waals surface area (Å²) in [6.45, 7) is 4.93. The molecule has 0 spiro atoms. The van der Waals surface area contributed by atoms with Gasteiger partial charge in [0, 0.05) is 24.6 Å². The second kappa shape index (κ2) is 5.19. The van der Waals surface area contributed by atoms with Crippen LogP contribution >= 0.6 is 11.6 Å². The summed E-state index contributed by atoms with van der Waals surface area (Å²) in [5.41, 5.74) is 4.76. The molecule has 2 nitrogen and oxygen atoms in total. The van der Waals surface area contributed by atoms with Crippen molar-refractivity contribution in [3.05, 3.63) is 58.4 Å². The van der Waals surface area contributed by atoms with E-state index in [-0.39, 0.29) is 0 Å². The van der Waals surface area contributed by atoms with E-state index in [1.807, 2.05) is 6.07 Å². The highest BCUT2D eigenvalue weighted by molar-refractivity contribution is 6.31. The van der Waals surface area contributed by atoms with Crippen molar-refractivity contribution in [1.29, 1.82) is 0 Å². The number of aromatic nitrogens is 1. The van der Waals surface area contributed by atoms with Gasteiger partial charge in [0.05, 0.1) is 5.02 Å². The zero-order valence-corrected chi connectivity index (χ0v) is 10.8. The molecule has 2 rings (SSSR count). The topological polar surface area (TPSA) is 24.9 Å². The van der Waals surface area contributed by atoms with Crippen LogP contribution in [0.3, 0.4) is 0 Å². The highest BCUT2D eigenvalue weighted by Crippen LogP contribution is 2.18. The minimum Gasteiger partial charge on any atom is -0.381 e. The van der Waals surface area contributed by atoms with E-state index in [4.69, 9.17) is 11.6 Å². The van der Waals surface area contributed by atoms with Gasteiger partial charge in [0.2, 0.25) is 0 Å². The largest absolute Gasteiger partial charge is 0.381 e. The maximum absolute atomic E-state index is 6.04. The maximum Gasteiger partial charge on any atom is 0.0639 e. The standard InChI is InChI=1S/C14H15ClN2/c1-10-3-4-13(7-11(10)2)17-8-12-5-6-16-9-14(12)15/h3-7,9,17H,8H2,1-2H3. The van der Waals surface area contributed by atoms with E-state index < -0.39 is 0 Å². The van der Waals surface area contributed by atoms with Crippen molar-refractivity contribution in [3.63, 3.8) is 0 Å². The Morgan fingerprint density at radius 3 is 2.71 bits per heavy atom. The Morgan fingerprint density at radius 2 is 2.00 bits per heavy atom. The number of hydrogen-bond donors (Lipinski definition) is 1.